The fourth-order valence-electron chi connectivity index (χ4n) is 0. The van der Waals surface area contributed by atoms with Crippen molar-refractivity contribution in [3.63, 3.8) is 0 Å². The summed E-state index contributed by atoms with van der Waals surface area (Å²) in [5, 5.41) is 0. The molecular weight excluding hydrogens is 280 g/mol. The average Bonchev–Trinajstić information content (AvgIpc) is 0. The molecular formula is H4Cl2NPt-. The van der Waals surface area contributed by atoms with Gasteiger partial charge in [-0.05, 0) is 0 Å². The minimum atomic E-state index is 0. The molecule has 0 aliphatic carbocycles. The Hall–Kier alpha value is 1.23. The van der Waals surface area contributed by atoms with E-state index in [1.807, 2.05) is 0 Å². The first-order chi connectivity index (χ1) is 0. The summed E-state index contributed by atoms with van der Waals surface area (Å²) in [6.07, 6.45) is 0. The molecule has 0 aromatic rings. The van der Waals surface area contributed by atoms with Crippen LogP contribution in [0.15, 0.2) is 0 Å². The maximum atomic E-state index is 0. The Balaban J connectivity index is 0. The van der Waals surface area contributed by atoms with Crippen molar-refractivity contribution >= 4 is 0 Å². The Labute approximate surface area is 52.2 Å². The Morgan fingerprint density at radius 2 is 0.750 bits per heavy atom. The van der Waals surface area contributed by atoms with Gasteiger partial charge in [0.25, 0.3) is 0 Å². The zero-order valence-corrected chi connectivity index (χ0v) is 5.86. The van der Waals surface area contributed by atoms with E-state index in [4.69, 9.17) is 0 Å². The van der Waals surface area contributed by atoms with E-state index in [9.17, 15) is 0 Å². The molecule has 0 fully saturated rings. The third-order valence-electron chi connectivity index (χ3n) is 0. The smallest absolute Gasteiger partial charge is 0 e. The molecule has 0 aliphatic heterocycles. The van der Waals surface area contributed by atoms with Crippen LogP contribution in [0.5, 0.6) is 0 Å². The van der Waals surface area contributed by atoms with E-state index >= 15 is 0 Å². The van der Waals surface area contributed by atoms with Crippen molar-refractivity contribution in [1.82, 2.24) is 6.15 Å². The van der Waals surface area contributed by atoms with E-state index in [0.29, 0.717) is 0 Å². The number of quaternary nitrogens is 1. The number of hydrogen-bond acceptors (Lipinski definition) is 0. The summed E-state index contributed by atoms with van der Waals surface area (Å²) in [6.45, 7) is 0. The van der Waals surface area contributed by atoms with Crippen molar-refractivity contribution < 1.29 is 45.9 Å². The van der Waals surface area contributed by atoms with Crippen LogP contribution in [-0.4, -0.2) is 0 Å². The molecule has 0 aromatic carbocycles. The summed E-state index contributed by atoms with van der Waals surface area (Å²) in [5.41, 5.74) is 0. The molecule has 0 aliphatic rings. The standard InChI is InChI=1S/2ClH.H3N.Pt/h2*1H;1H3;/p-1. The van der Waals surface area contributed by atoms with Crippen LogP contribution in [0, 0.1) is 0 Å². The van der Waals surface area contributed by atoms with Crippen LogP contribution >= 0.6 is 0 Å². The van der Waals surface area contributed by atoms with Gasteiger partial charge in [0.1, 0.15) is 0 Å². The summed E-state index contributed by atoms with van der Waals surface area (Å²) >= 11 is 0. The molecule has 0 spiro atoms. The minimum Gasteiger partial charge on any atom is -1.00 e. The molecule has 0 saturated heterocycles. The van der Waals surface area contributed by atoms with E-state index < -0.39 is 0 Å². The maximum Gasteiger partial charge on any atom is 0 e. The van der Waals surface area contributed by atoms with E-state index in [1.165, 1.54) is 0 Å². The second-order valence-electron chi connectivity index (χ2n) is 0. The molecule has 34 valence electrons. The summed E-state index contributed by atoms with van der Waals surface area (Å²) in [4.78, 5) is 0. The van der Waals surface area contributed by atoms with Crippen LogP contribution in [0.4, 0.5) is 0 Å². The first-order valence-corrected chi connectivity index (χ1v) is 0. The molecule has 4 heavy (non-hydrogen) atoms. The molecule has 0 saturated carbocycles. The number of hydrogen-bond donors (Lipinski definition) is 1. The zero-order valence-electron chi connectivity index (χ0n) is 2.07. The Morgan fingerprint density at radius 3 is 0.750 bits per heavy atom. The molecule has 0 amide bonds. The molecule has 0 atom stereocenters. The van der Waals surface area contributed by atoms with Gasteiger partial charge in [-0.1, -0.05) is 0 Å². The number of rotatable bonds is 0. The van der Waals surface area contributed by atoms with Crippen molar-refractivity contribution in [3.05, 3.63) is 0 Å². The molecule has 0 heterocycles. The average molecular weight is 284 g/mol. The fraction of sp³-hybridized carbons (Fsp3) is 0. The van der Waals surface area contributed by atoms with Crippen molar-refractivity contribution in [3.8, 4) is 0 Å². The quantitative estimate of drug-likeness (QED) is 0.460. The summed E-state index contributed by atoms with van der Waals surface area (Å²) < 4.78 is 0. The SMILES string of the molecule is [Cl-].[Cl-].[NH4+].[Pt]. The topological polar surface area (TPSA) is 36.5 Å². The van der Waals surface area contributed by atoms with Gasteiger partial charge in [0.2, 0.25) is 0 Å². The first kappa shape index (κ1) is 62.0. The molecule has 0 unspecified atom stereocenters. The van der Waals surface area contributed by atoms with E-state index in [2.05, 4.69) is 0 Å². The summed E-state index contributed by atoms with van der Waals surface area (Å²) in [7, 11) is 0. The van der Waals surface area contributed by atoms with Gasteiger partial charge in [0.15, 0.2) is 0 Å². The zero-order chi connectivity index (χ0) is 0. The largest absolute Gasteiger partial charge is 1.00 e. The van der Waals surface area contributed by atoms with Crippen LogP contribution in [0.3, 0.4) is 0 Å². The van der Waals surface area contributed by atoms with Crippen molar-refractivity contribution in [2.75, 3.05) is 0 Å². The monoisotopic (exact) mass is 283 g/mol. The van der Waals surface area contributed by atoms with Gasteiger partial charge in [0, 0.05) is 21.1 Å². The second-order valence-corrected chi connectivity index (χ2v) is 0. The normalized spacial score (nSPS) is 0. The molecule has 0 aromatic heterocycles. The molecule has 1 nitrogen and oxygen atoms in total. The predicted molar refractivity (Wildman–Crippen MR) is 5.98 cm³/mol. The third-order valence-corrected chi connectivity index (χ3v) is 0. The Bertz CT molecular complexity index is 6.00. The van der Waals surface area contributed by atoms with Crippen LogP contribution < -0.4 is 31.0 Å². The summed E-state index contributed by atoms with van der Waals surface area (Å²) in [5.74, 6) is 0. The van der Waals surface area contributed by atoms with Crippen LogP contribution in [0.25, 0.3) is 0 Å². The molecule has 0 radical (unpaired) electrons. The third kappa shape index (κ3) is 10.6. The van der Waals surface area contributed by atoms with Gasteiger partial charge >= 0.3 is 0 Å². The van der Waals surface area contributed by atoms with Crippen LogP contribution in [-0.2, 0) is 21.1 Å². The molecule has 4 N–H and O–H groups in total. The molecule has 4 heteroatoms. The molecule has 0 rings (SSSR count). The van der Waals surface area contributed by atoms with Gasteiger partial charge < -0.3 is 31.0 Å². The van der Waals surface area contributed by atoms with Gasteiger partial charge in [0.05, 0.1) is 0 Å². The predicted octanol–water partition coefficient (Wildman–Crippen LogP) is -5.62. The maximum absolute atomic E-state index is 0. The van der Waals surface area contributed by atoms with E-state index in [1.54, 1.807) is 0 Å². The van der Waals surface area contributed by atoms with Crippen molar-refractivity contribution in [1.29, 1.82) is 0 Å². The summed E-state index contributed by atoms with van der Waals surface area (Å²) in [6, 6.07) is 0. The Kier molecular flexibility index (Phi) is 452. The minimum absolute atomic E-state index is 0. The second kappa shape index (κ2) is 29.2. The van der Waals surface area contributed by atoms with Crippen LogP contribution in [0.1, 0.15) is 0 Å². The number of halogens is 2. The van der Waals surface area contributed by atoms with Gasteiger partial charge in [-0.25, -0.2) is 0 Å². The molecule has 0 bridgehead atoms. The van der Waals surface area contributed by atoms with Crippen molar-refractivity contribution in [2.45, 2.75) is 0 Å². The van der Waals surface area contributed by atoms with Crippen LogP contribution in [0.2, 0.25) is 0 Å². The van der Waals surface area contributed by atoms with Gasteiger partial charge in [-0.3, -0.25) is 0 Å². The first-order valence-electron chi connectivity index (χ1n) is 0. The Morgan fingerprint density at radius 1 is 0.750 bits per heavy atom. The van der Waals surface area contributed by atoms with E-state index in [-0.39, 0.29) is 52.0 Å². The fourth-order valence-corrected chi connectivity index (χ4v) is 0. The van der Waals surface area contributed by atoms with Crippen molar-refractivity contribution in [2.24, 2.45) is 0 Å². The van der Waals surface area contributed by atoms with Gasteiger partial charge in [-0.15, -0.1) is 0 Å². The van der Waals surface area contributed by atoms with E-state index in [0.717, 1.165) is 0 Å². The van der Waals surface area contributed by atoms with Gasteiger partial charge in [-0.2, -0.15) is 0 Å².